The highest BCUT2D eigenvalue weighted by Gasteiger charge is 2.33. The van der Waals surface area contributed by atoms with Crippen LogP contribution in [0, 0.1) is 12.7 Å². The Balaban J connectivity index is 1.63. The van der Waals surface area contributed by atoms with Crippen molar-refractivity contribution < 1.29 is 27.5 Å². The van der Waals surface area contributed by atoms with Gasteiger partial charge in [-0.05, 0) is 42.8 Å². The van der Waals surface area contributed by atoms with E-state index in [1.165, 1.54) is 25.1 Å². The van der Waals surface area contributed by atoms with Crippen LogP contribution in [0.15, 0.2) is 36.4 Å². The standard InChI is InChI=1S/C21H13Cl2F4N5O2/c1-8-2-16(21(25,26)27)30-17(3-8)31-19(34)10-6-13-14(7-15(10)33)29-20(28-13)32-18-11(22)4-9(24)5-12(18)23/h2-7,33H,1H3,(H2,28,29,32)(H,30,31,34). The Bertz CT molecular complexity index is 1420. The molecule has 2 aromatic heterocycles. The first-order chi connectivity index (χ1) is 15.9. The Morgan fingerprint density at radius 1 is 1.06 bits per heavy atom. The molecule has 34 heavy (non-hydrogen) atoms. The zero-order valence-electron chi connectivity index (χ0n) is 17.0. The van der Waals surface area contributed by atoms with E-state index >= 15 is 0 Å². The minimum absolute atomic E-state index is 0.00255. The first-order valence-corrected chi connectivity index (χ1v) is 10.2. The topological polar surface area (TPSA) is 103 Å². The van der Waals surface area contributed by atoms with Crippen LogP contribution in [-0.4, -0.2) is 26.0 Å². The molecule has 0 spiro atoms. The molecule has 0 aliphatic rings. The van der Waals surface area contributed by atoms with Crippen LogP contribution >= 0.6 is 23.2 Å². The minimum atomic E-state index is -4.69. The van der Waals surface area contributed by atoms with E-state index in [0.29, 0.717) is 5.52 Å². The van der Waals surface area contributed by atoms with Crippen molar-refractivity contribution in [2.24, 2.45) is 0 Å². The number of alkyl halides is 3. The number of nitrogens with zero attached hydrogens (tertiary/aromatic N) is 2. The van der Waals surface area contributed by atoms with Gasteiger partial charge in [0.1, 0.15) is 23.1 Å². The van der Waals surface area contributed by atoms with Crippen molar-refractivity contribution in [3.63, 3.8) is 0 Å². The lowest BCUT2D eigenvalue weighted by Crippen LogP contribution is -2.16. The molecule has 0 atom stereocenters. The first kappa shape index (κ1) is 23.6. The number of phenols is 1. The van der Waals surface area contributed by atoms with Gasteiger partial charge in [-0.1, -0.05) is 23.2 Å². The normalized spacial score (nSPS) is 11.6. The number of H-pyrrole nitrogens is 1. The van der Waals surface area contributed by atoms with Crippen LogP contribution in [0.1, 0.15) is 21.6 Å². The fraction of sp³-hybridized carbons (Fsp3) is 0.0952. The molecule has 0 unspecified atom stereocenters. The molecule has 4 N–H and O–H groups in total. The van der Waals surface area contributed by atoms with Gasteiger partial charge >= 0.3 is 6.18 Å². The van der Waals surface area contributed by atoms with Crippen molar-refractivity contribution in [3.8, 4) is 5.75 Å². The third-order valence-corrected chi connectivity index (χ3v) is 5.19. The summed E-state index contributed by atoms with van der Waals surface area (Å²) in [7, 11) is 0. The van der Waals surface area contributed by atoms with Crippen LogP contribution in [0.3, 0.4) is 0 Å². The second-order valence-corrected chi connectivity index (χ2v) is 8.02. The number of carbonyl (C=O) groups excluding carboxylic acids is 1. The summed E-state index contributed by atoms with van der Waals surface area (Å²) in [5.41, 5.74) is -0.453. The molecule has 4 rings (SSSR count). The molecule has 2 heterocycles. The van der Waals surface area contributed by atoms with Crippen molar-refractivity contribution in [2.75, 3.05) is 10.6 Å². The Labute approximate surface area is 198 Å². The van der Waals surface area contributed by atoms with E-state index in [1.54, 1.807) is 0 Å². The number of nitrogens with one attached hydrogen (secondary N) is 3. The van der Waals surface area contributed by atoms with Crippen LogP contribution in [0.5, 0.6) is 5.75 Å². The fourth-order valence-electron chi connectivity index (χ4n) is 3.13. The second-order valence-electron chi connectivity index (χ2n) is 7.21. The Hall–Kier alpha value is -3.57. The molecular weight excluding hydrogens is 501 g/mol. The van der Waals surface area contributed by atoms with E-state index < -0.39 is 29.3 Å². The number of amides is 1. The number of imidazole rings is 1. The second kappa shape index (κ2) is 8.65. The summed E-state index contributed by atoms with van der Waals surface area (Å²) in [6.45, 7) is 1.42. The number of aromatic nitrogens is 3. The number of hydrogen-bond acceptors (Lipinski definition) is 5. The molecule has 7 nitrogen and oxygen atoms in total. The number of phenolic OH excluding ortho intramolecular Hbond substituents is 1. The quantitative estimate of drug-likeness (QED) is 0.235. The minimum Gasteiger partial charge on any atom is -0.507 e. The summed E-state index contributed by atoms with van der Waals surface area (Å²) < 4.78 is 52.4. The molecule has 0 saturated carbocycles. The number of benzene rings is 2. The van der Waals surface area contributed by atoms with Gasteiger partial charge in [0.05, 0.1) is 32.3 Å². The van der Waals surface area contributed by atoms with Crippen LogP contribution in [0.2, 0.25) is 10.0 Å². The van der Waals surface area contributed by atoms with E-state index in [4.69, 9.17) is 23.2 Å². The molecule has 13 heteroatoms. The van der Waals surface area contributed by atoms with Crippen LogP contribution < -0.4 is 10.6 Å². The van der Waals surface area contributed by atoms with E-state index in [9.17, 15) is 27.5 Å². The van der Waals surface area contributed by atoms with Gasteiger partial charge in [0.2, 0.25) is 5.95 Å². The number of hydrogen-bond donors (Lipinski definition) is 4. The molecule has 0 aliphatic heterocycles. The zero-order valence-corrected chi connectivity index (χ0v) is 18.5. The molecule has 0 saturated heterocycles. The third-order valence-electron chi connectivity index (χ3n) is 4.60. The number of anilines is 3. The first-order valence-electron chi connectivity index (χ1n) is 9.42. The summed E-state index contributed by atoms with van der Waals surface area (Å²) in [5.74, 6) is -2.19. The molecule has 0 aliphatic carbocycles. The molecule has 0 bridgehead atoms. The fourth-order valence-corrected chi connectivity index (χ4v) is 3.68. The van der Waals surface area contributed by atoms with Crippen LogP contribution in [0.4, 0.5) is 35.0 Å². The van der Waals surface area contributed by atoms with Crippen LogP contribution in [0.25, 0.3) is 11.0 Å². The maximum atomic E-state index is 13.4. The number of carbonyl (C=O) groups is 1. The van der Waals surface area contributed by atoms with Crippen molar-refractivity contribution in [2.45, 2.75) is 13.1 Å². The smallest absolute Gasteiger partial charge is 0.433 e. The Morgan fingerprint density at radius 3 is 2.38 bits per heavy atom. The molecular formula is C21H13Cl2F4N5O2. The maximum absolute atomic E-state index is 13.4. The molecule has 0 fully saturated rings. The number of pyridine rings is 1. The lowest BCUT2D eigenvalue weighted by atomic mass is 10.1. The lowest BCUT2D eigenvalue weighted by Gasteiger charge is -2.11. The molecule has 176 valence electrons. The lowest BCUT2D eigenvalue weighted by molar-refractivity contribution is -0.141. The molecule has 2 aromatic carbocycles. The molecule has 0 radical (unpaired) electrons. The summed E-state index contributed by atoms with van der Waals surface area (Å²) in [6.07, 6.45) is -4.69. The van der Waals surface area contributed by atoms with Gasteiger partial charge in [0.15, 0.2) is 0 Å². The van der Waals surface area contributed by atoms with Gasteiger partial charge < -0.3 is 20.7 Å². The van der Waals surface area contributed by atoms with E-state index in [0.717, 1.165) is 18.2 Å². The van der Waals surface area contributed by atoms with Gasteiger partial charge in [-0.25, -0.2) is 14.4 Å². The number of fused-ring (bicyclic) bond motifs is 1. The Morgan fingerprint density at radius 2 is 1.74 bits per heavy atom. The average molecular weight is 514 g/mol. The predicted molar refractivity (Wildman–Crippen MR) is 119 cm³/mol. The molecule has 4 aromatic rings. The summed E-state index contributed by atoms with van der Waals surface area (Å²) >= 11 is 12.0. The van der Waals surface area contributed by atoms with E-state index in [2.05, 4.69) is 25.6 Å². The van der Waals surface area contributed by atoms with Gasteiger partial charge in [0.25, 0.3) is 5.91 Å². The summed E-state index contributed by atoms with van der Waals surface area (Å²) in [4.78, 5) is 23.1. The van der Waals surface area contributed by atoms with Gasteiger partial charge in [-0.3, -0.25) is 4.79 Å². The van der Waals surface area contributed by atoms with Crippen molar-refractivity contribution in [1.29, 1.82) is 0 Å². The van der Waals surface area contributed by atoms with Crippen LogP contribution in [-0.2, 0) is 6.18 Å². The monoisotopic (exact) mass is 513 g/mol. The number of rotatable bonds is 4. The van der Waals surface area contributed by atoms with Gasteiger partial charge in [0, 0.05) is 6.07 Å². The highest BCUT2D eigenvalue weighted by Crippen LogP contribution is 2.34. The summed E-state index contributed by atoms with van der Waals surface area (Å²) in [5, 5.41) is 15.3. The number of aryl methyl sites for hydroxylation is 1. The number of halogens is 6. The van der Waals surface area contributed by atoms with Gasteiger partial charge in [-0.15, -0.1) is 0 Å². The SMILES string of the molecule is Cc1cc(NC(=O)c2cc3nc(Nc4c(Cl)cc(F)cc4Cl)[nH]c3cc2O)nc(C(F)(F)F)c1. The molecule has 1 amide bonds. The van der Waals surface area contributed by atoms with E-state index in [-0.39, 0.29) is 44.1 Å². The maximum Gasteiger partial charge on any atom is 0.433 e. The van der Waals surface area contributed by atoms with Crippen molar-refractivity contribution >= 4 is 57.6 Å². The largest absolute Gasteiger partial charge is 0.507 e. The highest BCUT2D eigenvalue weighted by atomic mass is 35.5. The number of aromatic hydroxyl groups is 1. The predicted octanol–water partition coefficient (Wildman–Crippen LogP) is 6.43. The summed E-state index contributed by atoms with van der Waals surface area (Å²) in [6, 6.07) is 6.65. The third kappa shape index (κ3) is 4.85. The highest BCUT2D eigenvalue weighted by molar-refractivity contribution is 6.39. The average Bonchev–Trinajstić information content (AvgIpc) is 3.10. The van der Waals surface area contributed by atoms with Gasteiger partial charge in [-0.2, -0.15) is 13.2 Å². The van der Waals surface area contributed by atoms with E-state index in [1.807, 2.05) is 0 Å². The number of aromatic amines is 1. The van der Waals surface area contributed by atoms with Crippen molar-refractivity contribution in [1.82, 2.24) is 15.0 Å². The Kier molecular flexibility index (Phi) is 6.00. The van der Waals surface area contributed by atoms with Crippen molar-refractivity contribution in [3.05, 3.63) is 69.1 Å². The zero-order chi connectivity index (χ0) is 24.8.